The van der Waals surface area contributed by atoms with E-state index in [2.05, 4.69) is 39.9 Å². The van der Waals surface area contributed by atoms with Crippen LogP contribution in [0.3, 0.4) is 0 Å². The van der Waals surface area contributed by atoms with Gasteiger partial charge in [-0.3, -0.25) is 14.7 Å². The first kappa shape index (κ1) is 29.0. The zero-order valence-electron chi connectivity index (χ0n) is 19.0. The number of nitro groups is 1. The maximum absolute atomic E-state index is 12.0. The zero-order chi connectivity index (χ0) is 29.2. The van der Waals surface area contributed by atoms with Gasteiger partial charge >= 0.3 is 0 Å². The average molecular weight is 632 g/mol. The molecule has 17 nitrogen and oxygen atoms in total. The third kappa shape index (κ3) is 6.43. The fourth-order valence-corrected chi connectivity index (χ4v) is 4.63. The van der Waals surface area contributed by atoms with Crippen molar-refractivity contribution in [1.82, 2.24) is 15.0 Å². The van der Waals surface area contributed by atoms with Gasteiger partial charge in [-0.15, -0.1) is 14.6 Å². The summed E-state index contributed by atoms with van der Waals surface area (Å²) in [4.78, 5) is 20.8. The summed E-state index contributed by atoms with van der Waals surface area (Å²) < 4.78 is 38.0. The van der Waals surface area contributed by atoms with E-state index in [0.29, 0.717) is 12.0 Å². The molecule has 40 heavy (non-hydrogen) atoms. The molecular formula is C19H11Cl2N7O10S2. The number of non-ortho nitro benzene ring substituents is 1. The van der Waals surface area contributed by atoms with E-state index in [0.717, 1.165) is 30.3 Å². The van der Waals surface area contributed by atoms with Crippen molar-refractivity contribution in [1.29, 1.82) is 0 Å². The first-order valence-electron chi connectivity index (χ1n) is 10.1. The molecule has 1 aromatic heterocycles. The van der Waals surface area contributed by atoms with E-state index < -0.39 is 42.8 Å². The van der Waals surface area contributed by atoms with Gasteiger partial charge < -0.3 is 15.5 Å². The molecule has 0 bridgehead atoms. The minimum Gasteiger partial charge on any atom is -0.506 e. The van der Waals surface area contributed by atoms with Crippen molar-refractivity contribution in [2.24, 2.45) is 10.2 Å². The number of nitro benzene ring substituents is 1. The third-order valence-electron chi connectivity index (χ3n) is 4.83. The Morgan fingerprint density at radius 2 is 1.75 bits per heavy atom. The number of aromatic nitrogens is 3. The van der Waals surface area contributed by atoms with E-state index in [9.17, 15) is 33.3 Å². The second-order valence-electron chi connectivity index (χ2n) is 7.29. The molecule has 3 aromatic carbocycles. The minimum atomic E-state index is -4.79. The third-order valence-corrected chi connectivity index (χ3v) is 6.62. The molecule has 0 fully saturated rings. The van der Waals surface area contributed by atoms with Crippen LogP contribution in [0, 0.1) is 10.1 Å². The van der Waals surface area contributed by atoms with Crippen molar-refractivity contribution < 1.29 is 42.7 Å². The van der Waals surface area contributed by atoms with Crippen LogP contribution in [0.2, 0.25) is 10.6 Å². The van der Waals surface area contributed by atoms with E-state index in [1.54, 1.807) is 0 Å². The number of hydrogen-bond acceptors (Lipinski definition) is 16. The Morgan fingerprint density at radius 3 is 2.38 bits per heavy atom. The molecular weight excluding hydrogens is 621 g/mol. The molecule has 0 saturated heterocycles. The Labute approximate surface area is 236 Å². The molecule has 0 aliphatic rings. The molecule has 0 spiro atoms. The summed E-state index contributed by atoms with van der Waals surface area (Å²) in [7, 11) is -4.79. The lowest BCUT2D eigenvalue weighted by atomic mass is 10.1. The topological polar surface area (TPSA) is 252 Å². The predicted octanol–water partition coefficient (Wildman–Crippen LogP) is 5.49. The van der Waals surface area contributed by atoms with Gasteiger partial charge in [-0.05, 0) is 52.9 Å². The zero-order valence-corrected chi connectivity index (χ0v) is 22.1. The second kappa shape index (κ2) is 11.7. The molecule has 0 aliphatic carbocycles. The molecule has 0 aliphatic heterocycles. The first-order chi connectivity index (χ1) is 18.9. The summed E-state index contributed by atoms with van der Waals surface area (Å²) in [5.41, 5.74) is -1.36. The summed E-state index contributed by atoms with van der Waals surface area (Å²) in [5, 5.41) is 54.0. The molecule has 21 heteroatoms. The summed E-state index contributed by atoms with van der Waals surface area (Å²) in [6.45, 7) is 0. The standard InChI is InChI=1S/C19H11Cl2N7O10S2/c20-17-23-18(21)25-19(24-17)22-11-6-9(40(34,35)36)3-7-4-13(39-38-37-33)15(16(30)14(7)11)27-26-10-5-8(28(31)32)1-2-12(10)29/h1-6,29-30,33H,(H,34,35,36)(H,22,23,24,25). The molecule has 208 valence electrons. The van der Waals surface area contributed by atoms with Crippen LogP contribution in [0.1, 0.15) is 0 Å². The molecule has 0 unspecified atom stereocenters. The van der Waals surface area contributed by atoms with Crippen LogP contribution >= 0.6 is 35.2 Å². The molecule has 0 atom stereocenters. The number of hydrogen-bond donors (Lipinski definition) is 5. The van der Waals surface area contributed by atoms with Gasteiger partial charge in [0.1, 0.15) is 17.1 Å². The fourth-order valence-electron chi connectivity index (χ4n) is 3.23. The minimum absolute atomic E-state index is 0.0393. The van der Waals surface area contributed by atoms with E-state index in [1.807, 2.05) is 0 Å². The highest BCUT2D eigenvalue weighted by Crippen LogP contribution is 2.48. The van der Waals surface area contributed by atoms with Crippen LogP contribution in [0.15, 0.2) is 56.4 Å². The number of halogens is 2. The van der Waals surface area contributed by atoms with Crippen LogP contribution in [-0.4, -0.2) is 48.3 Å². The number of benzene rings is 3. The number of nitrogens with zero attached hydrogens (tertiary/aromatic N) is 6. The molecule has 0 saturated carbocycles. The Balaban J connectivity index is 1.97. The lowest BCUT2D eigenvalue weighted by Crippen LogP contribution is -2.03. The number of phenolic OH excluding ortho intramolecular Hbond substituents is 2. The highest BCUT2D eigenvalue weighted by molar-refractivity contribution is 7.94. The molecule has 1 heterocycles. The maximum Gasteiger partial charge on any atom is 0.294 e. The van der Waals surface area contributed by atoms with Crippen molar-refractivity contribution in [3.8, 4) is 11.5 Å². The number of nitrogens with one attached hydrogen (secondary N) is 1. The highest BCUT2D eigenvalue weighted by atomic mass is 35.5. The number of aromatic hydroxyl groups is 2. The summed E-state index contributed by atoms with van der Waals surface area (Å²) in [5.74, 6) is -1.45. The van der Waals surface area contributed by atoms with Crippen LogP contribution in [0.4, 0.5) is 28.7 Å². The highest BCUT2D eigenvalue weighted by Gasteiger charge is 2.22. The van der Waals surface area contributed by atoms with Crippen molar-refractivity contribution in [3.05, 3.63) is 57.1 Å². The number of rotatable bonds is 9. The SMILES string of the molecule is O=[N+]([O-])c1ccc(O)c(N=Nc2c(SOOO)cc3cc(S(=O)(=O)O)cc(Nc4nc(Cl)nc(Cl)n4)c3c2O)c1. The number of phenols is 2. The van der Waals surface area contributed by atoms with Crippen molar-refractivity contribution in [2.75, 3.05) is 5.32 Å². The number of anilines is 2. The van der Waals surface area contributed by atoms with Gasteiger partial charge in [-0.25, -0.2) is 5.26 Å². The summed E-state index contributed by atoms with van der Waals surface area (Å²) >= 11 is 11.9. The predicted molar refractivity (Wildman–Crippen MR) is 138 cm³/mol. The molecule has 4 rings (SSSR count). The Bertz CT molecular complexity index is 1770. The number of azo groups is 1. The quantitative estimate of drug-likeness (QED) is 0.0382. The largest absolute Gasteiger partial charge is 0.506 e. The monoisotopic (exact) mass is 631 g/mol. The van der Waals surface area contributed by atoms with Gasteiger partial charge in [-0.1, -0.05) is 5.04 Å². The molecule has 4 aromatic rings. The number of fused-ring (bicyclic) bond motifs is 1. The fraction of sp³-hybridized carbons (Fsp3) is 0. The molecule has 5 N–H and O–H groups in total. The van der Waals surface area contributed by atoms with Crippen LogP contribution in [-0.2, 0) is 19.5 Å². The summed E-state index contributed by atoms with van der Waals surface area (Å²) in [6, 6.07) is 6.07. The van der Waals surface area contributed by atoms with Gasteiger partial charge in [0.05, 0.1) is 32.4 Å². The second-order valence-corrected chi connectivity index (χ2v) is 10.1. The van der Waals surface area contributed by atoms with Crippen molar-refractivity contribution in [2.45, 2.75) is 9.79 Å². The maximum atomic E-state index is 12.0. The van der Waals surface area contributed by atoms with E-state index in [1.165, 1.54) is 6.07 Å². The van der Waals surface area contributed by atoms with Crippen molar-refractivity contribution in [3.63, 3.8) is 0 Å². The van der Waals surface area contributed by atoms with Gasteiger partial charge in [0.25, 0.3) is 15.8 Å². The van der Waals surface area contributed by atoms with Crippen LogP contribution < -0.4 is 5.32 Å². The lowest BCUT2D eigenvalue weighted by molar-refractivity contribution is -0.432. The Morgan fingerprint density at radius 1 is 1.05 bits per heavy atom. The normalized spacial score (nSPS) is 11.8. The lowest BCUT2D eigenvalue weighted by Gasteiger charge is -2.15. The van der Waals surface area contributed by atoms with Gasteiger partial charge in [0.15, 0.2) is 5.75 Å². The van der Waals surface area contributed by atoms with Gasteiger partial charge in [-0.2, -0.15) is 23.4 Å². The smallest absolute Gasteiger partial charge is 0.294 e. The van der Waals surface area contributed by atoms with Crippen LogP contribution in [0.5, 0.6) is 11.5 Å². The van der Waals surface area contributed by atoms with Gasteiger partial charge in [0.2, 0.25) is 16.5 Å². The first-order valence-corrected chi connectivity index (χ1v) is 13.0. The summed E-state index contributed by atoms with van der Waals surface area (Å²) in [6.07, 6.45) is 0. The molecule has 0 amide bonds. The Hall–Kier alpha value is -3.95. The van der Waals surface area contributed by atoms with E-state index in [4.69, 9.17) is 28.5 Å². The average Bonchev–Trinajstić information content (AvgIpc) is 2.86. The van der Waals surface area contributed by atoms with Crippen molar-refractivity contribution >= 4 is 84.8 Å². The Kier molecular flexibility index (Phi) is 8.46. The van der Waals surface area contributed by atoms with Crippen LogP contribution in [0.25, 0.3) is 10.8 Å². The molecule has 0 radical (unpaired) electrons. The van der Waals surface area contributed by atoms with Gasteiger partial charge in [0, 0.05) is 17.5 Å². The van der Waals surface area contributed by atoms with E-state index >= 15 is 0 Å². The van der Waals surface area contributed by atoms with E-state index in [-0.39, 0.29) is 43.6 Å².